The molecular formula is C59H46N4. The highest BCUT2D eigenvalue weighted by Gasteiger charge is 2.26. The molecular weight excluding hydrogens is 765 g/mol. The second-order valence-electron chi connectivity index (χ2n) is 16.0. The number of fused-ring (bicyclic) bond motifs is 3. The number of nitrogens with two attached hydrogens (primary N) is 1. The Balaban J connectivity index is 1.05. The molecule has 1 unspecified atom stereocenters. The molecule has 0 amide bonds. The summed E-state index contributed by atoms with van der Waals surface area (Å²) in [5.74, 6) is 1.20. The lowest BCUT2D eigenvalue weighted by Gasteiger charge is -2.20. The van der Waals surface area contributed by atoms with Crippen molar-refractivity contribution in [3.8, 4) is 56.2 Å². The average molecular weight is 811 g/mol. The first-order chi connectivity index (χ1) is 31.1. The third kappa shape index (κ3) is 8.53. The monoisotopic (exact) mass is 810 g/mol. The number of allylic oxidation sites excluding steroid dienone is 6. The summed E-state index contributed by atoms with van der Waals surface area (Å²) in [6.45, 7) is 0. The quantitative estimate of drug-likeness (QED) is 0.105. The van der Waals surface area contributed by atoms with Crippen LogP contribution in [0.3, 0.4) is 0 Å². The molecule has 8 aromatic rings. The van der Waals surface area contributed by atoms with E-state index in [1.807, 2.05) is 54.6 Å². The van der Waals surface area contributed by atoms with Gasteiger partial charge in [0.1, 0.15) is 5.84 Å². The molecule has 7 aromatic carbocycles. The van der Waals surface area contributed by atoms with Gasteiger partial charge in [-0.2, -0.15) is 0 Å². The highest BCUT2D eigenvalue weighted by atomic mass is 14.9. The molecule has 0 saturated carbocycles. The van der Waals surface area contributed by atoms with Crippen LogP contribution in [0.15, 0.2) is 241 Å². The number of hydrogen-bond donors (Lipinski definition) is 1. The summed E-state index contributed by atoms with van der Waals surface area (Å²) in [5.41, 5.74) is 24.6. The Kier molecular flexibility index (Phi) is 11.2. The van der Waals surface area contributed by atoms with E-state index in [1.54, 1.807) is 0 Å². The first-order valence-electron chi connectivity index (χ1n) is 21.7. The fourth-order valence-electron chi connectivity index (χ4n) is 8.79. The topological polar surface area (TPSA) is 64.2 Å². The van der Waals surface area contributed by atoms with Crippen molar-refractivity contribution < 1.29 is 0 Å². The van der Waals surface area contributed by atoms with Gasteiger partial charge in [-0.25, -0.2) is 15.0 Å². The van der Waals surface area contributed by atoms with Crippen LogP contribution in [-0.2, 0) is 12.8 Å². The van der Waals surface area contributed by atoms with Crippen molar-refractivity contribution in [2.24, 2.45) is 10.7 Å². The van der Waals surface area contributed by atoms with Gasteiger partial charge in [0.05, 0.1) is 17.1 Å². The Bertz CT molecular complexity index is 3010. The predicted octanol–water partition coefficient (Wildman–Crippen LogP) is 13.8. The molecule has 10 rings (SSSR count). The second-order valence-corrected chi connectivity index (χ2v) is 16.0. The lowest BCUT2D eigenvalue weighted by atomic mass is 9.84. The number of aryl methyl sites for hydroxylation is 1. The summed E-state index contributed by atoms with van der Waals surface area (Å²) in [5, 5.41) is 0. The summed E-state index contributed by atoms with van der Waals surface area (Å²) < 4.78 is 0. The highest BCUT2D eigenvalue weighted by Crippen LogP contribution is 2.46. The van der Waals surface area contributed by atoms with Crippen molar-refractivity contribution in [3.63, 3.8) is 0 Å². The standard InChI is InChI=1S/C59H46N4/c60-58(45-23-9-3-10-24-45)61-54(33-15-20-41-18-5-1-6-19-41)44-29-16-28-42(34-35-44)51-36-37-52-50-32-14-13-27-47(50)39-53(52)57(51)49-31-17-30-48(38-49)56-40-55(43-21-7-2-8-22-43)62-59(63-56)46-25-11-4-12-26-46/h1-14,16-19,21-38,40,42H,15,20,39H2,(H2,60,61)/b54-33-. The van der Waals surface area contributed by atoms with Crippen LogP contribution in [0.1, 0.15) is 40.2 Å². The predicted molar refractivity (Wildman–Crippen MR) is 261 cm³/mol. The molecule has 1 aromatic heterocycles. The summed E-state index contributed by atoms with van der Waals surface area (Å²) in [6.07, 6.45) is 16.0. The number of rotatable bonds is 11. The highest BCUT2D eigenvalue weighted by molar-refractivity contribution is 5.98. The molecule has 2 aliphatic carbocycles. The van der Waals surface area contributed by atoms with Crippen molar-refractivity contribution in [2.75, 3.05) is 0 Å². The first kappa shape index (κ1) is 39.2. The number of amidine groups is 1. The van der Waals surface area contributed by atoms with Crippen LogP contribution in [0, 0.1) is 0 Å². The van der Waals surface area contributed by atoms with Gasteiger partial charge in [-0.3, -0.25) is 0 Å². The summed E-state index contributed by atoms with van der Waals surface area (Å²) in [6, 6.07) is 65.7. The molecule has 1 atom stereocenters. The normalized spacial score (nSPS) is 14.5. The van der Waals surface area contributed by atoms with Gasteiger partial charge in [-0.15, -0.1) is 0 Å². The fraction of sp³-hybridized carbons (Fsp3) is 0.0678. The lowest BCUT2D eigenvalue weighted by Crippen LogP contribution is -2.13. The smallest absolute Gasteiger partial charge is 0.160 e. The van der Waals surface area contributed by atoms with Gasteiger partial charge in [0.15, 0.2) is 5.82 Å². The minimum Gasteiger partial charge on any atom is -0.383 e. The molecule has 0 aliphatic heterocycles. The number of hydrogen-bond acceptors (Lipinski definition) is 3. The zero-order chi connectivity index (χ0) is 42.4. The molecule has 1 heterocycles. The van der Waals surface area contributed by atoms with E-state index in [2.05, 4.69) is 170 Å². The van der Waals surface area contributed by atoms with Crippen molar-refractivity contribution in [1.82, 2.24) is 9.97 Å². The average Bonchev–Trinajstić information content (AvgIpc) is 3.55. The Labute approximate surface area is 369 Å². The van der Waals surface area contributed by atoms with E-state index >= 15 is 0 Å². The molecule has 0 spiro atoms. The molecule has 0 fully saturated rings. The fourth-order valence-corrected chi connectivity index (χ4v) is 8.79. The van der Waals surface area contributed by atoms with Gasteiger partial charge < -0.3 is 5.73 Å². The van der Waals surface area contributed by atoms with Crippen LogP contribution < -0.4 is 5.73 Å². The molecule has 302 valence electrons. The maximum atomic E-state index is 6.68. The summed E-state index contributed by atoms with van der Waals surface area (Å²) in [7, 11) is 0. The molecule has 0 saturated heterocycles. The van der Waals surface area contributed by atoms with Crippen LogP contribution >= 0.6 is 0 Å². The summed E-state index contributed by atoms with van der Waals surface area (Å²) in [4.78, 5) is 15.3. The van der Waals surface area contributed by atoms with Gasteiger partial charge in [0, 0.05) is 28.2 Å². The van der Waals surface area contributed by atoms with E-state index in [9.17, 15) is 0 Å². The molecule has 63 heavy (non-hydrogen) atoms. The SMILES string of the molecule is NC(=N/C(=C\CCc1ccccc1)C1=CC=CC(c2ccc3c(c2-c2cccc(-c4cc(-c5ccccc5)nc(-c5ccccc5)n4)c2)Cc2ccccc2-3)C=C1)c1ccccc1. The van der Waals surface area contributed by atoms with Gasteiger partial charge in [-0.05, 0) is 81.5 Å². The third-order valence-electron chi connectivity index (χ3n) is 12.0. The van der Waals surface area contributed by atoms with Crippen LogP contribution in [0.5, 0.6) is 0 Å². The van der Waals surface area contributed by atoms with Crippen LogP contribution in [-0.4, -0.2) is 15.8 Å². The molecule has 2 N–H and O–H groups in total. The van der Waals surface area contributed by atoms with Crippen molar-refractivity contribution >= 4 is 5.84 Å². The minimum absolute atomic E-state index is 0.000791. The Morgan fingerprint density at radius 3 is 2.03 bits per heavy atom. The number of benzene rings is 7. The molecule has 4 heteroatoms. The van der Waals surface area contributed by atoms with Crippen LogP contribution in [0.2, 0.25) is 0 Å². The maximum Gasteiger partial charge on any atom is 0.160 e. The molecule has 4 nitrogen and oxygen atoms in total. The van der Waals surface area contributed by atoms with E-state index in [-0.39, 0.29) is 5.92 Å². The van der Waals surface area contributed by atoms with E-state index in [4.69, 9.17) is 20.7 Å². The second kappa shape index (κ2) is 18.0. The maximum absolute atomic E-state index is 6.68. The van der Waals surface area contributed by atoms with E-state index in [1.165, 1.54) is 38.9 Å². The largest absolute Gasteiger partial charge is 0.383 e. The number of nitrogens with zero attached hydrogens (tertiary/aromatic N) is 3. The summed E-state index contributed by atoms with van der Waals surface area (Å²) >= 11 is 0. The first-order valence-corrected chi connectivity index (χ1v) is 21.7. The van der Waals surface area contributed by atoms with Crippen molar-refractivity contribution in [1.29, 1.82) is 0 Å². The van der Waals surface area contributed by atoms with Crippen LogP contribution in [0.4, 0.5) is 0 Å². The van der Waals surface area contributed by atoms with Crippen molar-refractivity contribution in [3.05, 3.63) is 264 Å². The van der Waals surface area contributed by atoms with Gasteiger partial charge >= 0.3 is 0 Å². The van der Waals surface area contributed by atoms with E-state index < -0.39 is 0 Å². The molecule has 2 aliphatic rings. The van der Waals surface area contributed by atoms with Crippen LogP contribution in [0.25, 0.3) is 56.2 Å². The number of aromatic nitrogens is 2. The molecule has 0 radical (unpaired) electrons. The lowest BCUT2D eigenvalue weighted by molar-refractivity contribution is 0.988. The molecule has 0 bridgehead atoms. The van der Waals surface area contributed by atoms with Gasteiger partial charge in [0.2, 0.25) is 0 Å². The third-order valence-corrected chi connectivity index (χ3v) is 12.0. The Morgan fingerprint density at radius 2 is 1.25 bits per heavy atom. The Hall–Kier alpha value is -7.95. The Morgan fingerprint density at radius 1 is 0.603 bits per heavy atom. The van der Waals surface area contributed by atoms with E-state index in [0.717, 1.165) is 69.7 Å². The number of aliphatic imine (C=N–C) groups is 1. The van der Waals surface area contributed by atoms with Gasteiger partial charge in [0.25, 0.3) is 0 Å². The minimum atomic E-state index is 0.000791. The zero-order valence-corrected chi connectivity index (χ0v) is 35.0. The van der Waals surface area contributed by atoms with Crippen molar-refractivity contribution in [2.45, 2.75) is 25.2 Å². The zero-order valence-electron chi connectivity index (χ0n) is 35.0. The van der Waals surface area contributed by atoms with Gasteiger partial charge in [-0.1, -0.05) is 212 Å². The van der Waals surface area contributed by atoms with E-state index in [0.29, 0.717) is 11.7 Å².